The molecule has 3 heteroatoms. The molecule has 2 aliphatic carbocycles. The molecule has 3 fully saturated rings. The largest absolute Gasteiger partial charge is 0.375 e. The topological polar surface area (TPSA) is 24.5 Å². The van der Waals surface area contributed by atoms with Crippen LogP contribution in [-0.2, 0) is 4.74 Å². The van der Waals surface area contributed by atoms with Gasteiger partial charge in [-0.25, -0.2) is 0 Å². The number of hydrogen-bond acceptors (Lipinski definition) is 3. The second-order valence-electron chi connectivity index (χ2n) is 7.46. The van der Waals surface area contributed by atoms with Crippen molar-refractivity contribution in [2.24, 2.45) is 11.8 Å². The third-order valence-corrected chi connectivity index (χ3v) is 5.54. The number of morpholine rings is 1. The van der Waals surface area contributed by atoms with E-state index in [1.54, 1.807) is 0 Å². The van der Waals surface area contributed by atoms with Crippen LogP contribution in [0.1, 0.15) is 52.4 Å². The number of ether oxygens (including phenoxy) is 1. The molecular formula is C17H32N2O. The lowest BCUT2D eigenvalue weighted by Crippen LogP contribution is -2.61. The van der Waals surface area contributed by atoms with Crippen LogP contribution in [0.15, 0.2) is 0 Å². The van der Waals surface area contributed by atoms with E-state index in [0.29, 0.717) is 6.10 Å². The van der Waals surface area contributed by atoms with E-state index in [1.165, 1.54) is 58.2 Å². The van der Waals surface area contributed by atoms with Crippen LogP contribution in [0, 0.1) is 11.8 Å². The fourth-order valence-corrected chi connectivity index (χ4v) is 4.32. The summed E-state index contributed by atoms with van der Waals surface area (Å²) in [5.41, 5.74) is 0. The molecule has 20 heavy (non-hydrogen) atoms. The van der Waals surface area contributed by atoms with Crippen LogP contribution in [0.25, 0.3) is 0 Å². The van der Waals surface area contributed by atoms with Gasteiger partial charge in [0.05, 0.1) is 12.7 Å². The lowest BCUT2D eigenvalue weighted by molar-refractivity contribution is -0.123. The molecule has 0 aromatic heterocycles. The highest BCUT2D eigenvalue weighted by atomic mass is 16.5. The second kappa shape index (κ2) is 6.76. The Morgan fingerprint density at radius 3 is 2.70 bits per heavy atom. The van der Waals surface area contributed by atoms with Gasteiger partial charge in [0, 0.05) is 18.6 Å². The van der Waals surface area contributed by atoms with Gasteiger partial charge in [0.25, 0.3) is 0 Å². The highest BCUT2D eigenvalue weighted by Gasteiger charge is 2.43. The number of hydrogen-bond donors (Lipinski definition) is 1. The van der Waals surface area contributed by atoms with Crippen molar-refractivity contribution in [3.63, 3.8) is 0 Å². The maximum Gasteiger partial charge on any atom is 0.0731 e. The Bertz CT molecular complexity index is 305. The first-order chi connectivity index (χ1) is 9.75. The fourth-order valence-electron chi connectivity index (χ4n) is 4.32. The Labute approximate surface area is 124 Å². The van der Waals surface area contributed by atoms with E-state index in [4.69, 9.17) is 4.74 Å². The van der Waals surface area contributed by atoms with Crippen LogP contribution in [0.5, 0.6) is 0 Å². The van der Waals surface area contributed by atoms with Crippen molar-refractivity contribution in [3.8, 4) is 0 Å². The summed E-state index contributed by atoms with van der Waals surface area (Å²) in [6.45, 7) is 9.10. The predicted octanol–water partition coefficient (Wildman–Crippen LogP) is 2.65. The van der Waals surface area contributed by atoms with E-state index in [0.717, 1.165) is 30.5 Å². The van der Waals surface area contributed by atoms with Gasteiger partial charge >= 0.3 is 0 Å². The zero-order valence-electron chi connectivity index (χ0n) is 13.3. The zero-order chi connectivity index (χ0) is 13.9. The Morgan fingerprint density at radius 1 is 1.10 bits per heavy atom. The van der Waals surface area contributed by atoms with Crippen molar-refractivity contribution in [1.82, 2.24) is 10.2 Å². The molecule has 0 aromatic rings. The molecule has 0 amide bonds. The molecule has 0 spiro atoms. The van der Waals surface area contributed by atoms with Gasteiger partial charge in [0.1, 0.15) is 0 Å². The maximum absolute atomic E-state index is 6.02. The number of rotatable bonds is 5. The van der Waals surface area contributed by atoms with Crippen LogP contribution in [0.2, 0.25) is 0 Å². The normalized spacial score (nSPS) is 38.5. The summed E-state index contributed by atoms with van der Waals surface area (Å²) in [5.74, 6) is 1.65. The van der Waals surface area contributed by atoms with Gasteiger partial charge in [-0.15, -0.1) is 0 Å². The average Bonchev–Trinajstić information content (AvgIpc) is 2.42. The van der Waals surface area contributed by atoms with E-state index in [9.17, 15) is 0 Å². The first-order valence-corrected chi connectivity index (χ1v) is 8.83. The zero-order valence-corrected chi connectivity index (χ0v) is 13.3. The predicted molar refractivity (Wildman–Crippen MR) is 82.9 cm³/mol. The monoisotopic (exact) mass is 280 g/mol. The maximum atomic E-state index is 6.02. The van der Waals surface area contributed by atoms with E-state index in [2.05, 4.69) is 24.1 Å². The van der Waals surface area contributed by atoms with Crippen LogP contribution in [0.3, 0.4) is 0 Å². The Balaban J connectivity index is 1.52. The van der Waals surface area contributed by atoms with E-state index in [-0.39, 0.29) is 0 Å². The molecular weight excluding hydrogens is 248 g/mol. The molecule has 2 saturated carbocycles. The molecule has 1 N–H and O–H groups in total. The highest BCUT2D eigenvalue weighted by Crippen LogP contribution is 2.38. The van der Waals surface area contributed by atoms with Gasteiger partial charge in [0.15, 0.2) is 0 Å². The number of fused-ring (bicyclic) bond motifs is 1. The van der Waals surface area contributed by atoms with E-state index < -0.39 is 0 Å². The van der Waals surface area contributed by atoms with Crippen molar-refractivity contribution in [2.75, 3.05) is 26.2 Å². The molecule has 0 bridgehead atoms. The van der Waals surface area contributed by atoms with E-state index >= 15 is 0 Å². The van der Waals surface area contributed by atoms with Crippen LogP contribution in [0.4, 0.5) is 0 Å². The molecule has 1 aliphatic heterocycles. The summed E-state index contributed by atoms with van der Waals surface area (Å²) >= 11 is 0. The summed E-state index contributed by atoms with van der Waals surface area (Å²) in [5, 5.41) is 3.67. The minimum Gasteiger partial charge on any atom is -0.375 e. The van der Waals surface area contributed by atoms with Gasteiger partial charge in [-0.2, -0.15) is 0 Å². The summed E-state index contributed by atoms with van der Waals surface area (Å²) < 4.78 is 6.02. The Morgan fingerprint density at radius 2 is 1.95 bits per heavy atom. The van der Waals surface area contributed by atoms with Crippen molar-refractivity contribution in [1.29, 1.82) is 0 Å². The first-order valence-electron chi connectivity index (χ1n) is 8.83. The number of nitrogens with zero attached hydrogens (tertiary/aromatic N) is 1. The lowest BCUT2D eigenvalue weighted by Gasteiger charge is -2.53. The smallest absolute Gasteiger partial charge is 0.0731 e. The minimum absolute atomic E-state index is 0.544. The molecule has 3 aliphatic rings. The van der Waals surface area contributed by atoms with Crippen molar-refractivity contribution in [2.45, 2.75) is 70.6 Å². The molecule has 4 unspecified atom stereocenters. The summed E-state index contributed by atoms with van der Waals surface area (Å²) in [7, 11) is 0. The van der Waals surface area contributed by atoms with Crippen molar-refractivity contribution >= 4 is 0 Å². The minimum atomic E-state index is 0.544. The third-order valence-electron chi connectivity index (χ3n) is 5.54. The second-order valence-corrected chi connectivity index (χ2v) is 7.46. The molecule has 4 atom stereocenters. The summed E-state index contributed by atoms with van der Waals surface area (Å²) in [4.78, 5) is 2.83. The Kier molecular flexibility index (Phi) is 5.00. The third kappa shape index (κ3) is 3.20. The van der Waals surface area contributed by atoms with Gasteiger partial charge in [-0.1, -0.05) is 26.7 Å². The van der Waals surface area contributed by atoms with Crippen LogP contribution >= 0.6 is 0 Å². The SMILES string of the molecule is CC(C)CNCC1CCC1N1CCOC2CCCCC21. The molecule has 1 saturated heterocycles. The van der Waals surface area contributed by atoms with Crippen LogP contribution < -0.4 is 5.32 Å². The summed E-state index contributed by atoms with van der Waals surface area (Å²) in [6.07, 6.45) is 8.82. The lowest BCUT2D eigenvalue weighted by atomic mass is 9.76. The van der Waals surface area contributed by atoms with Gasteiger partial charge < -0.3 is 10.1 Å². The van der Waals surface area contributed by atoms with Crippen molar-refractivity contribution < 1.29 is 4.74 Å². The van der Waals surface area contributed by atoms with E-state index in [1.807, 2.05) is 0 Å². The average molecular weight is 280 g/mol. The molecule has 3 rings (SSSR count). The molecule has 0 radical (unpaired) electrons. The van der Waals surface area contributed by atoms with Crippen molar-refractivity contribution in [3.05, 3.63) is 0 Å². The highest BCUT2D eigenvalue weighted by molar-refractivity contribution is 4.97. The molecule has 116 valence electrons. The molecule has 1 heterocycles. The molecule has 3 nitrogen and oxygen atoms in total. The fraction of sp³-hybridized carbons (Fsp3) is 1.00. The van der Waals surface area contributed by atoms with Gasteiger partial charge in [-0.3, -0.25) is 4.90 Å². The van der Waals surface area contributed by atoms with Gasteiger partial charge in [-0.05, 0) is 50.6 Å². The first kappa shape index (κ1) is 14.8. The molecule has 0 aromatic carbocycles. The van der Waals surface area contributed by atoms with Gasteiger partial charge in [0.2, 0.25) is 0 Å². The standard InChI is InChI=1S/C17H32N2O/c1-13(2)11-18-12-14-7-8-15(14)19-9-10-20-17-6-4-3-5-16(17)19/h13-18H,3-12H2,1-2H3. The quantitative estimate of drug-likeness (QED) is 0.838. The summed E-state index contributed by atoms with van der Waals surface area (Å²) in [6, 6.07) is 1.57. The Hall–Kier alpha value is -0.120. The van der Waals surface area contributed by atoms with Crippen LogP contribution in [-0.4, -0.2) is 49.3 Å². The number of nitrogens with one attached hydrogen (secondary N) is 1.